The van der Waals surface area contributed by atoms with E-state index in [1.54, 1.807) is 19.4 Å². The van der Waals surface area contributed by atoms with E-state index in [-0.39, 0.29) is 11.8 Å². The molecule has 1 saturated heterocycles. The fraction of sp³-hybridized carbons (Fsp3) is 0.500. The summed E-state index contributed by atoms with van der Waals surface area (Å²) in [6.45, 7) is 4.90. The Balaban J connectivity index is 1.46. The molecule has 0 aliphatic carbocycles. The third-order valence-electron chi connectivity index (χ3n) is 5.11. The van der Waals surface area contributed by atoms with Crippen molar-refractivity contribution in [3.63, 3.8) is 0 Å². The van der Waals surface area contributed by atoms with Gasteiger partial charge in [-0.15, -0.1) is 0 Å². The predicted molar refractivity (Wildman–Crippen MR) is 112 cm³/mol. The van der Waals surface area contributed by atoms with Crippen LogP contribution in [0.1, 0.15) is 38.2 Å². The van der Waals surface area contributed by atoms with E-state index in [1.165, 1.54) is 0 Å². The summed E-state index contributed by atoms with van der Waals surface area (Å²) >= 11 is 0. The molecule has 0 saturated carbocycles. The van der Waals surface area contributed by atoms with E-state index in [0.29, 0.717) is 18.4 Å². The quantitative estimate of drug-likeness (QED) is 0.654. The smallest absolute Gasteiger partial charge is 0.228 e. The number of rotatable bonds is 9. The number of piperidine rings is 1. The molecule has 0 unspecified atom stereocenters. The Morgan fingerprint density at radius 1 is 1.28 bits per heavy atom. The lowest BCUT2D eigenvalue weighted by Crippen LogP contribution is -2.41. The fourth-order valence-electron chi connectivity index (χ4n) is 3.35. The lowest BCUT2D eigenvalue weighted by Gasteiger charge is -2.31. The molecule has 7 heteroatoms. The maximum atomic E-state index is 12.6. The van der Waals surface area contributed by atoms with Crippen LogP contribution in [0.4, 0.5) is 5.95 Å². The van der Waals surface area contributed by atoms with Gasteiger partial charge in [-0.2, -0.15) is 4.98 Å². The Bertz CT molecular complexity index is 791. The molecule has 2 aromatic rings. The van der Waals surface area contributed by atoms with E-state index in [4.69, 9.17) is 9.47 Å². The van der Waals surface area contributed by atoms with Crippen molar-refractivity contribution < 1.29 is 14.3 Å². The molecule has 1 aliphatic heterocycles. The van der Waals surface area contributed by atoms with E-state index in [1.807, 2.05) is 24.3 Å². The maximum Gasteiger partial charge on any atom is 0.228 e. The number of unbranched alkanes of at least 4 members (excludes halogenated alkanes) is 1. The molecule has 29 heavy (non-hydrogen) atoms. The number of hydrogen-bond acceptors (Lipinski definition) is 6. The second-order valence-corrected chi connectivity index (χ2v) is 7.23. The molecule has 1 fully saturated rings. The number of nitrogens with one attached hydrogen (secondary N) is 1. The zero-order valence-electron chi connectivity index (χ0n) is 17.3. The highest BCUT2D eigenvalue weighted by atomic mass is 16.5. The summed E-state index contributed by atoms with van der Waals surface area (Å²) in [6, 6.07) is 9.66. The molecule has 7 nitrogen and oxygen atoms in total. The predicted octanol–water partition coefficient (Wildman–Crippen LogP) is 3.20. The number of anilines is 1. The molecule has 1 aliphatic rings. The van der Waals surface area contributed by atoms with Crippen LogP contribution in [0.3, 0.4) is 0 Å². The number of benzene rings is 1. The van der Waals surface area contributed by atoms with E-state index in [0.717, 1.165) is 56.7 Å². The highest BCUT2D eigenvalue weighted by molar-refractivity contribution is 5.79. The van der Waals surface area contributed by atoms with Crippen LogP contribution in [-0.4, -0.2) is 42.7 Å². The van der Waals surface area contributed by atoms with Crippen molar-refractivity contribution in [2.45, 2.75) is 39.2 Å². The third kappa shape index (κ3) is 6.07. The van der Waals surface area contributed by atoms with Gasteiger partial charge in [0.05, 0.1) is 13.7 Å². The average Bonchev–Trinajstić information content (AvgIpc) is 2.78. The van der Waals surface area contributed by atoms with Gasteiger partial charge in [0.1, 0.15) is 5.75 Å². The van der Waals surface area contributed by atoms with Gasteiger partial charge in [0, 0.05) is 37.8 Å². The largest absolute Gasteiger partial charge is 0.494 e. The second-order valence-electron chi connectivity index (χ2n) is 7.23. The molecule has 0 spiro atoms. The van der Waals surface area contributed by atoms with Gasteiger partial charge in [0.2, 0.25) is 17.7 Å². The minimum atomic E-state index is 0.0147. The number of nitrogens with zero attached hydrogens (tertiary/aromatic N) is 3. The first-order valence-corrected chi connectivity index (χ1v) is 10.3. The number of carbonyl (C=O) groups excluding carboxylic acids is 1. The molecule has 1 amide bonds. The van der Waals surface area contributed by atoms with Gasteiger partial charge >= 0.3 is 0 Å². The first-order chi connectivity index (χ1) is 14.2. The molecular weight excluding hydrogens is 368 g/mol. The summed E-state index contributed by atoms with van der Waals surface area (Å²) in [5, 5.41) is 3.07. The Kier molecular flexibility index (Phi) is 7.67. The SMILES string of the molecule is CCCCOc1cccc(CNC(=O)C2CCN(c3nccc(OC)n3)CC2)c1. The number of amides is 1. The van der Waals surface area contributed by atoms with Gasteiger partial charge in [-0.1, -0.05) is 25.5 Å². The third-order valence-corrected chi connectivity index (χ3v) is 5.11. The minimum Gasteiger partial charge on any atom is -0.494 e. The number of aromatic nitrogens is 2. The summed E-state index contributed by atoms with van der Waals surface area (Å²) in [5.74, 6) is 2.19. The van der Waals surface area contributed by atoms with Crippen molar-refractivity contribution >= 4 is 11.9 Å². The Morgan fingerprint density at radius 2 is 2.10 bits per heavy atom. The summed E-state index contributed by atoms with van der Waals surface area (Å²) in [7, 11) is 1.59. The van der Waals surface area contributed by atoms with Gasteiger partial charge < -0.3 is 19.7 Å². The fourth-order valence-corrected chi connectivity index (χ4v) is 3.35. The highest BCUT2D eigenvalue weighted by Crippen LogP contribution is 2.22. The lowest BCUT2D eigenvalue weighted by atomic mass is 9.96. The number of hydrogen-bond donors (Lipinski definition) is 1. The van der Waals surface area contributed by atoms with Crippen LogP contribution in [0.5, 0.6) is 11.6 Å². The van der Waals surface area contributed by atoms with Crippen molar-refractivity contribution in [2.24, 2.45) is 5.92 Å². The van der Waals surface area contributed by atoms with E-state index in [2.05, 4.69) is 27.1 Å². The van der Waals surface area contributed by atoms with Crippen LogP contribution < -0.4 is 19.7 Å². The Labute approximate surface area is 172 Å². The van der Waals surface area contributed by atoms with Crippen molar-refractivity contribution in [2.75, 3.05) is 31.7 Å². The maximum absolute atomic E-state index is 12.6. The second kappa shape index (κ2) is 10.6. The number of ether oxygens (including phenoxy) is 2. The molecule has 1 aromatic carbocycles. The molecule has 0 bridgehead atoms. The summed E-state index contributed by atoms with van der Waals surface area (Å²) < 4.78 is 10.9. The molecule has 156 valence electrons. The van der Waals surface area contributed by atoms with Crippen LogP contribution >= 0.6 is 0 Å². The van der Waals surface area contributed by atoms with Crippen LogP contribution in [-0.2, 0) is 11.3 Å². The molecule has 1 N–H and O–H groups in total. The average molecular weight is 399 g/mol. The molecule has 3 rings (SSSR count). The monoisotopic (exact) mass is 398 g/mol. The van der Waals surface area contributed by atoms with Crippen molar-refractivity contribution in [1.29, 1.82) is 0 Å². The topological polar surface area (TPSA) is 76.6 Å². The zero-order valence-corrected chi connectivity index (χ0v) is 17.3. The van der Waals surface area contributed by atoms with Crippen LogP contribution in [0.15, 0.2) is 36.5 Å². The molecule has 2 heterocycles. The van der Waals surface area contributed by atoms with Crippen molar-refractivity contribution in [1.82, 2.24) is 15.3 Å². The minimum absolute atomic E-state index is 0.0147. The summed E-state index contributed by atoms with van der Waals surface area (Å²) in [4.78, 5) is 23.4. The van der Waals surface area contributed by atoms with E-state index in [9.17, 15) is 4.79 Å². The van der Waals surface area contributed by atoms with E-state index >= 15 is 0 Å². The Morgan fingerprint density at radius 3 is 2.86 bits per heavy atom. The van der Waals surface area contributed by atoms with Crippen molar-refractivity contribution in [3.05, 3.63) is 42.1 Å². The van der Waals surface area contributed by atoms with Crippen LogP contribution in [0.25, 0.3) is 0 Å². The van der Waals surface area contributed by atoms with Gasteiger partial charge in [-0.3, -0.25) is 4.79 Å². The Hall–Kier alpha value is -2.83. The molecular formula is C22H30N4O3. The first-order valence-electron chi connectivity index (χ1n) is 10.3. The van der Waals surface area contributed by atoms with Gasteiger partial charge in [0.25, 0.3) is 0 Å². The number of methoxy groups -OCH3 is 1. The van der Waals surface area contributed by atoms with Crippen LogP contribution in [0.2, 0.25) is 0 Å². The summed E-state index contributed by atoms with van der Waals surface area (Å²) in [6.07, 6.45) is 5.41. The van der Waals surface area contributed by atoms with Gasteiger partial charge in [-0.25, -0.2) is 4.98 Å². The van der Waals surface area contributed by atoms with Crippen molar-refractivity contribution in [3.8, 4) is 11.6 Å². The standard InChI is InChI=1S/C22H30N4O3/c1-3-4-14-29-19-7-5-6-17(15-19)16-24-21(27)18-9-12-26(13-10-18)22-23-11-8-20(25-22)28-2/h5-8,11,15,18H,3-4,9-10,12-14,16H2,1-2H3,(H,24,27). The first kappa shape index (κ1) is 20.9. The normalized spacial score (nSPS) is 14.5. The van der Waals surface area contributed by atoms with Gasteiger partial charge in [-0.05, 0) is 37.0 Å². The molecule has 1 aromatic heterocycles. The molecule has 0 atom stereocenters. The molecule has 0 radical (unpaired) electrons. The zero-order chi connectivity index (χ0) is 20.5. The summed E-state index contributed by atoms with van der Waals surface area (Å²) in [5.41, 5.74) is 1.05. The lowest BCUT2D eigenvalue weighted by molar-refractivity contribution is -0.125. The highest BCUT2D eigenvalue weighted by Gasteiger charge is 2.26. The number of carbonyl (C=O) groups is 1. The van der Waals surface area contributed by atoms with Crippen LogP contribution in [0, 0.1) is 5.92 Å². The van der Waals surface area contributed by atoms with E-state index < -0.39 is 0 Å². The van der Waals surface area contributed by atoms with Gasteiger partial charge in [0.15, 0.2) is 0 Å².